The molecule has 3 N–H and O–H groups in total. The molecule has 2 aromatic rings. The Morgan fingerprint density at radius 2 is 1.60 bits per heavy atom. The largest absolute Gasteiger partial charge is 0.298 e. The zero-order chi connectivity index (χ0) is 18.4. The summed E-state index contributed by atoms with van der Waals surface area (Å²) in [6.07, 6.45) is 0. The minimum absolute atomic E-state index is 0.0252. The Morgan fingerprint density at radius 3 is 2.20 bits per heavy atom. The van der Waals surface area contributed by atoms with Crippen molar-refractivity contribution >= 4 is 51.7 Å². The number of amides is 2. The summed E-state index contributed by atoms with van der Waals surface area (Å²) in [7, 11) is 0. The molecule has 2 amide bonds. The first-order chi connectivity index (χ1) is 11.9. The lowest BCUT2D eigenvalue weighted by atomic mass is 10.0. The zero-order valence-corrected chi connectivity index (χ0v) is 16.8. The quantitative estimate of drug-likeness (QED) is 0.368. The van der Waals surface area contributed by atoms with E-state index in [1.54, 1.807) is 24.3 Å². The molecule has 0 bridgehead atoms. The minimum atomic E-state index is -0.337. The van der Waals surface area contributed by atoms with E-state index in [9.17, 15) is 9.59 Å². The summed E-state index contributed by atoms with van der Waals surface area (Å²) < 4.78 is 0.819. The Morgan fingerprint density at radius 1 is 0.960 bits per heavy atom. The van der Waals surface area contributed by atoms with E-state index in [2.05, 4.69) is 52.6 Å². The van der Waals surface area contributed by atoms with E-state index >= 15 is 0 Å². The van der Waals surface area contributed by atoms with Gasteiger partial charge in [-0.1, -0.05) is 38.1 Å². The summed E-state index contributed by atoms with van der Waals surface area (Å²) >= 11 is 7.12. The molecule has 2 aromatic carbocycles. The van der Waals surface area contributed by atoms with Crippen LogP contribution in [0.25, 0.3) is 0 Å². The highest BCUT2D eigenvalue weighted by Crippen LogP contribution is 2.14. The summed E-state index contributed by atoms with van der Waals surface area (Å²) in [4.78, 5) is 24.2. The number of rotatable bonds is 3. The maximum Gasteiger partial charge on any atom is 0.270 e. The van der Waals surface area contributed by atoms with Crippen LogP contribution in [-0.2, 0) is 0 Å². The van der Waals surface area contributed by atoms with Crippen LogP contribution in [0.15, 0.2) is 48.5 Å². The normalized spacial score (nSPS) is 10.2. The van der Waals surface area contributed by atoms with Crippen molar-refractivity contribution in [1.82, 2.24) is 16.2 Å². The van der Waals surface area contributed by atoms with E-state index in [-0.39, 0.29) is 16.9 Å². The van der Waals surface area contributed by atoms with Crippen LogP contribution in [0.4, 0.5) is 0 Å². The third-order valence-electron chi connectivity index (χ3n) is 3.47. The molecule has 7 heteroatoms. The fourth-order valence-electron chi connectivity index (χ4n) is 2.05. The van der Waals surface area contributed by atoms with Crippen LogP contribution in [0, 0.1) is 3.57 Å². The number of benzene rings is 2. The van der Waals surface area contributed by atoms with Gasteiger partial charge in [-0.25, -0.2) is 0 Å². The van der Waals surface area contributed by atoms with Crippen LogP contribution in [-0.4, -0.2) is 16.9 Å². The molecule has 0 spiro atoms. The van der Waals surface area contributed by atoms with Crippen LogP contribution in [0.5, 0.6) is 0 Å². The second kappa shape index (κ2) is 8.91. The van der Waals surface area contributed by atoms with Crippen LogP contribution < -0.4 is 16.2 Å². The summed E-state index contributed by atoms with van der Waals surface area (Å²) in [5.41, 5.74) is 7.18. The number of thiocarbonyl (C=S) groups is 1. The lowest BCUT2D eigenvalue weighted by molar-refractivity contribution is 0.0934. The van der Waals surface area contributed by atoms with Crippen molar-refractivity contribution in [3.63, 3.8) is 0 Å². The van der Waals surface area contributed by atoms with E-state index < -0.39 is 0 Å². The van der Waals surface area contributed by atoms with E-state index in [0.717, 1.165) is 9.13 Å². The van der Waals surface area contributed by atoms with E-state index in [4.69, 9.17) is 12.2 Å². The summed E-state index contributed by atoms with van der Waals surface area (Å²) in [6, 6.07) is 14.5. The van der Waals surface area contributed by atoms with Crippen molar-refractivity contribution in [3.05, 3.63) is 68.8 Å². The molecule has 0 unspecified atom stereocenters. The third-order valence-corrected chi connectivity index (χ3v) is 4.62. The second-order valence-electron chi connectivity index (χ2n) is 5.62. The summed E-state index contributed by atoms with van der Waals surface area (Å²) in [6.45, 7) is 4.18. The van der Waals surface area contributed by atoms with Crippen LogP contribution in [0.2, 0.25) is 0 Å². The Bertz CT molecular complexity index is 791. The lowest BCUT2D eigenvalue weighted by Crippen LogP contribution is -2.48. The standard InChI is InChI=1S/C18H18IN3O2S/c1-11(2)12-7-9-13(10-8-12)16(23)20-18(25)22-21-17(24)14-5-3-4-6-15(14)19/h3-11H,1-2H3,(H,21,24)(H2,20,22,23,25). The SMILES string of the molecule is CC(C)c1ccc(C(=O)NC(=S)NNC(=O)c2ccccc2I)cc1. The van der Waals surface area contributed by atoms with E-state index in [0.29, 0.717) is 17.0 Å². The van der Waals surface area contributed by atoms with Gasteiger partial charge in [0.25, 0.3) is 11.8 Å². The molecular weight excluding hydrogens is 449 g/mol. The average molecular weight is 467 g/mol. The van der Waals surface area contributed by atoms with Crippen molar-refractivity contribution in [2.45, 2.75) is 19.8 Å². The van der Waals surface area contributed by atoms with Crippen molar-refractivity contribution in [1.29, 1.82) is 0 Å². The Balaban J connectivity index is 1.88. The third kappa shape index (κ3) is 5.50. The first-order valence-corrected chi connectivity index (χ1v) is 9.13. The molecule has 5 nitrogen and oxygen atoms in total. The molecule has 0 saturated carbocycles. The monoisotopic (exact) mass is 467 g/mol. The Labute approximate surface area is 165 Å². The molecule has 25 heavy (non-hydrogen) atoms. The molecule has 0 atom stereocenters. The summed E-state index contributed by atoms with van der Waals surface area (Å²) in [5.74, 6) is -0.268. The topological polar surface area (TPSA) is 70.2 Å². The van der Waals surface area contributed by atoms with Crippen molar-refractivity contribution in [3.8, 4) is 0 Å². The van der Waals surface area contributed by atoms with Gasteiger partial charge in [0.2, 0.25) is 0 Å². The number of halogens is 1. The van der Waals surface area contributed by atoms with Crippen LogP contribution in [0.3, 0.4) is 0 Å². The number of nitrogens with one attached hydrogen (secondary N) is 3. The number of hydrazine groups is 1. The number of carbonyl (C=O) groups excluding carboxylic acids is 2. The number of hydrogen-bond donors (Lipinski definition) is 3. The Hall–Kier alpha value is -2.00. The van der Waals surface area contributed by atoms with Gasteiger partial charge < -0.3 is 0 Å². The van der Waals surface area contributed by atoms with Crippen molar-refractivity contribution < 1.29 is 9.59 Å². The van der Waals surface area contributed by atoms with Gasteiger partial charge >= 0.3 is 0 Å². The zero-order valence-electron chi connectivity index (χ0n) is 13.8. The van der Waals surface area contributed by atoms with Gasteiger partial charge in [-0.3, -0.25) is 25.8 Å². The summed E-state index contributed by atoms with van der Waals surface area (Å²) in [5, 5.41) is 2.56. The highest BCUT2D eigenvalue weighted by Gasteiger charge is 2.11. The van der Waals surface area contributed by atoms with E-state index in [1.807, 2.05) is 24.3 Å². The molecule has 0 aliphatic heterocycles. The van der Waals surface area contributed by atoms with Gasteiger partial charge in [0.05, 0.1) is 5.56 Å². The molecule has 0 aromatic heterocycles. The number of carbonyl (C=O) groups is 2. The lowest BCUT2D eigenvalue weighted by Gasteiger charge is -2.12. The Kier molecular flexibility index (Phi) is 6.89. The average Bonchev–Trinajstić information content (AvgIpc) is 2.60. The van der Waals surface area contributed by atoms with E-state index in [1.165, 1.54) is 0 Å². The highest BCUT2D eigenvalue weighted by atomic mass is 127. The first kappa shape index (κ1) is 19.3. The van der Waals surface area contributed by atoms with Gasteiger partial charge in [0.15, 0.2) is 5.11 Å². The molecule has 0 aliphatic carbocycles. The molecule has 0 aliphatic rings. The first-order valence-electron chi connectivity index (χ1n) is 7.64. The molecular formula is C18H18IN3O2S. The molecule has 0 fully saturated rings. The predicted octanol–water partition coefficient (Wildman–Crippen LogP) is 3.36. The molecule has 130 valence electrons. The van der Waals surface area contributed by atoms with Gasteiger partial charge in [-0.2, -0.15) is 0 Å². The molecule has 2 rings (SSSR count). The number of hydrogen-bond acceptors (Lipinski definition) is 3. The second-order valence-corrected chi connectivity index (χ2v) is 7.19. The van der Waals surface area contributed by atoms with Crippen molar-refractivity contribution in [2.24, 2.45) is 0 Å². The minimum Gasteiger partial charge on any atom is -0.298 e. The van der Waals surface area contributed by atoms with Crippen molar-refractivity contribution in [2.75, 3.05) is 0 Å². The molecule has 0 heterocycles. The highest BCUT2D eigenvalue weighted by molar-refractivity contribution is 14.1. The van der Waals surface area contributed by atoms with Gasteiger partial charge in [0.1, 0.15) is 0 Å². The van der Waals surface area contributed by atoms with Gasteiger partial charge in [-0.15, -0.1) is 0 Å². The maximum atomic E-state index is 12.2. The molecule has 0 saturated heterocycles. The maximum absolute atomic E-state index is 12.2. The van der Waals surface area contributed by atoms with Gasteiger partial charge in [0, 0.05) is 9.13 Å². The fraction of sp³-hybridized carbons (Fsp3) is 0.167. The van der Waals surface area contributed by atoms with Crippen LogP contribution in [0.1, 0.15) is 46.0 Å². The van der Waals surface area contributed by atoms with Gasteiger partial charge in [-0.05, 0) is 70.6 Å². The van der Waals surface area contributed by atoms with Crippen LogP contribution >= 0.6 is 34.8 Å². The fourth-order valence-corrected chi connectivity index (χ4v) is 2.83. The smallest absolute Gasteiger partial charge is 0.270 e. The molecule has 0 radical (unpaired) electrons. The predicted molar refractivity (Wildman–Crippen MR) is 110 cm³/mol.